The Balaban J connectivity index is 1.89. The van der Waals surface area contributed by atoms with Crippen LogP contribution in [0.5, 0.6) is 5.75 Å². The van der Waals surface area contributed by atoms with Crippen LogP contribution in [0.4, 0.5) is 0 Å². The first-order valence-electron chi connectivity index (χ1n) is 6.02. The third kappa shape index (κ3) is 2.86. The normalized spacial score (nSPS) is 10.9. The van der Waals surface area contributed by atoms with E-state index in [0.717, 1.165) is 21.9 Å². The molecule has 0 fully saturated rings. The summed E-state index contributed by atoms with van der Waals surface area (Å²) < 4.78 is 5.46. The number of fused-ring (bicyclic) bond motifs is 1. The Bertz CT molecular complexity index is 746. The number of hydrogen-bond donors (Lipinski definition) is 1. The Morgan fingerprint density at radius 2 is 2.20 bits per heavy atom. The summed E-state index contributed by atoms with van der Waals surface area (Å²) in [4.78, 5) is 15.9. The molecule has 0 saturated heterocycles. The predicted octanol–water partition coefficient (Wildman–Crippen LogP) is 3.56. The van der Waals surface area contributed by atoms with E-state index in [-0.39, 0.29) is 0 Å². The predicted molar refractivity (Wildman–Crippen MR) is 78.4 cm³/mol. The van der Waals surface area contributed by atoms with Gasteiger partial charge in [-0.2, -0.15) is 0 Å². The minimum atomic E-state index is 0.366. The summed E-state index contributed by atoms with van der Waals surface area (Å²) in [5, 5.41) is 1.80. The molecular formula is C13H11ClN4OS. The highest BCUT2D eigenvalue weighted by Crippen LogP contribution is 2.27. The Morgan fingerprint density at radius 1 is 1.30 bits per heavy atom. The summed E-state index contributed by atoms with van der Waals surface area (Å²) in [6, 6.07) is 5.75. The van der Waals surface area contributed by atoms with Crippen molar-refractivity contribution >= 4 is 34.4 Å². The van der Waals surface area contributed by atoms with Gasteiger partial charge in [0.25, 0.3) is 0 Å². The number of halogens is 1. The van der Waals surface area contributed by atoms with Crippen molar-refractivity contribution in [2.24, 2.45) is 0 Å². The number of benzene rings is 1. The Labute approximate surface area is 124 Å². The summed E-state index contributed by atoms with van der Waals surface area (Å²) in [7, 11) is 0. The molecule has 5 nitrogen and oxygen atoms in total. The smallest absolute Gasteiger partial charge is 0.172 e. The van der Waals surface area contributed by atoms with Gasteiger partial charge >= 0.3 is 0 Å². The van der Waals surface area contributed by atoms with Crippen molar-refractivity contribution in [3.63, 3.8) is 0 Å². The SMILES string of the molecule is CCOc1ccc2nc(Sc3cncc(Cl)n3)[nH]c2c1. The molecule has 2 heterocycles. The Morgan fingerprint density at radius 3 is 3.00 bits per heavy atom. The molecule has 1 aromatic carbocycles. The number of rotatable bonds is 4. The highest BCUT2D eigenvalue weighted by atomic mass is 35.5. The van der Waals surface area contributed by atoms with Crippen LogP contribution in [0.3, 0.4) is 0 Å². The summed E-state index contributed by atoms with van der Waals surface area (Å²) in [6.07, 6.45) is 3.15. The molecule has 0 spiro atoms. The van der Waals surface area contributed by atoms with Crippen LogP contribution >= 0.6 is 23.4 Å². The zero-order chi connectivity index (χ0) is 13.9. The zero-order valence-electron chi connectivity index (χ0n) is 10.6. The van der Waals surface area contributed by atoms with E-state index in [2.05, 4.69) is 19.9 Å². The summed E-state index contributed by atoms with van der Waals surface area (Å²) in [6.45, 7) is 2.59. The van der Waals surface area contributed by atoms with Crippen molar-refractivity contribution in [3.8, 4) is 5.75 Å². The fraction of sp³-hybridized carbons (Fsp3) is 0.154. The second-order valence-corrected chi connectivity index (χ2v) is 5.33. The standard InChI is InChI=1S/C13H11ClN4OS/c1-2-19-8-3-4-9-10(5-8)17-13(16-9)20-12-7-15-6-11(14)18-12/h3-7H,2H2,1H3,(H,16,17). The van der Waals surface area contributed by atoms with E-state index < -0.39 is 0 Å². The molecule has 102 valence electrons. The lowest BCUT2D eigenvalue weighted by molar-refractivity contribution is 0.340. The molecule has 0 bridgehead atoms. The van der Waals surface area contributed by atoms with Gasteiger partial charge in [-0.15, -0.1) is 0 Å². The molecule has 0 unspecified atom stereocenters. The maximum atomic E-state index is 5.81. The first-order chi connectivity index (χ1) is 9.74. The van der Waals surface area contributed by atoms with Gasteiger partial charge < -0.3 is 9.72 Å². The molecule has 3 aromatic rings. The van der Waals surface area contributed by atoms with E-state index in [4.69, 9.17) is 16.3 Å². The maximum absolute atomic E-state index is 5.81. The van der Waals surface area contributed by atoms with E-state index in [9.17, 15) is 0 Å². The van der Waals surface area contributed by atoms with Crippen LogP contribution < -0.4 is 4.74 Å². The molecule has 1 N–H and O–H groups in total. The van der Waals surface area contributed by atoms with E-state index in [1.807, 2.05) is 25.1 Å². The van der Waals surface area contributed by atoms with Crippen molar-refractivity contribution in [2.45, 2.75) is 17.1 Å². The molecule has 0 aliphatic rings. The highest BCUT2D eigenvalue weighted by Gasteiger charge is 2.07. The van der Waals surface area contributed by atoms with Gasteiger partial charge in [-0.3, -0.25) is 4.98 Å². The van der Waals surface area contributed by atoms with Crippen LogP contribution in [0.15, 0.2) is 40.8 Å². The van der Waals surface area contributed by atoms with Crippen molar-refractivity contribution in [2.75, 3.05) is 6.61 Å². The van der Waals surface area contributed by atoms with Crippen molar-refractivity contribution in [3.05, 3.63) is 35.7 Å². The Hall–Kier alpha value is -1.79. The van der Waals surface area contributed by atoms with Gasteiger partial charge in [0.05, 0.1) is 30.0 Å². The maximum Gasteiger partial charge on any atom is 0.172 e. The minimum Gasteiger partial charge on any atom is -0.494 e. The lowest BCUT2D eigenvalue weighted by Gasteiger charge is -2.00. The summed E-state index contributed by atoms with van der Waals surface area (Å²) in [5.74, 6) is 0.822. The molecule has 3 rings (SSSR count). The van der Waals surface area contributed by atoms with Crippen LogP contribution in [-0.2, 0) is 0 Å². The number of H-pyrrole nitrogens is 1. The summed E-state index contributed by atoms with van der Waals surface area (Å²) in [5.41, 5.74) is 1.80. The van der Waals surface area contributed by atoms with Gasteiger partial charge in [0.2, 0.25) is 0 Å². The van der Waals surface area contributed by atoms with Gasteiger partial charge in [0, 0.05) is 6.07 Å². The Kier molecular flexibility index (Phi) is 3.75. The molecular weight excluding hydrogens is 296 g/mol. The number of nitrogens with one attached hydrogen (secondary N) is 1. The van der Waals surface area contributed by atoms with Crippen LogP contribution in [-0.4, -0.2) is 26.5 Å². The number of imidazole rings is 1. The topological polar surface area (TPSA) is 63.7 Å². The van der Waals surface area contributed by atoms with E-state index in [1.165, 1.54) is 18.0 Å². The van der Waals surface area contributed by atoms with Crippen LogP contribution in [0.1, 0.15) is 6.92 Å². The molecule has 0 saturated carbocycles. The number of hydrogen-bond acceptors (Lipinski definition) is 5. The molecule has 0 radical (unpaired) electrons. The monoisotopic (exact) mass is 306 g/mol. The zero-order valence-corrected chi connectivity index (χ0v) is 12.2. The molecule has 2 aromatic heterocycles. The third-order valence-electron chi connectivity index (χ3n) is 2.53. The fourth-order valence-electron chi connectivity index (χ4n) is 1.74. The van der Waals surface area contributed by atoms with Crippen molar-refractivity contribution in [1.82, 2.24) is 19.9 Å². The molecule has 0 atom stereocenters. The number of aromatic amines is 1. The van der Waals surface area contributed by atoms with Crippen LogP contribution in [0, 0.1) is 0 Å². The minimum absolute atomic E-state index is 0.366. The first kappa shape index (κ1) is 13.2. The van der Waals surface area contributed by atoms with Gasteiger partial charge in [0.1, 0.15) is 15.9 Å². The average Bonchev–Trinajstić information content (AvgIpc) is 2.80. The quantitative estimate of drug-likeness (QED) is 0.798. The van der Waals surface area contributed by atoms with Crippen molar-refractivity contribution in [1.29, 1.82) is 0 Å². The molecule has 20 heavy (non-hydrogen) atoms. The van der Waals surface area contributed by atoms with Crippen molar-refractivity contribution < 1.29 is 4.74 Å². The second kappa shape index (κ2) is 5.68. The van der Waals surface area contributed by atoms with E-state index in [1.54, 1.807) is 6.20 Å². The fourth-order valence-corrected chi connectivity index (χ4v) is 2.70. The lowest BCUT2D eigenvalue weighted by Crippen LogP contribution is -1.90. The van der Waals surface area contributed by atoms with Gasteiger partial charge in [-0.05, 0) is 30.8 Å². The molecule has 0 aliphatic heterocycles. The number of ether oxygens (including phenoxy) is 1. The number of nitrogens with zero attached hydrogens (tertiary/aromatic N) is 3. The van der Waals surface area contributed by atoms with Crippen LogP contribution in [0.2, 0.25) is 5.15 Å². The molecule has 0 aliphatic carbocycles. The summed E-state index contributed by atoms with van der Waals surface area (Å²) >= 11 is 7.19. The molecule has 7 heteroatoms. The number of aromatic nitrogens is 4. The van der Waals surface area contributed by atoms with E-state index >= 15 is 0 Å². The average molecular weight is 307 g/mol. The van der Waals surface area contributed by atoms with Gasteiger partial charge in [0.15, 0.2) is 5.16 Å². The third-order valence-corrected chi connectivity index (χ3v) is 3.50. The first-order valence-corrected chi connectivity index (χ1v) is 7.22. The lowest BCUT2D eigenvalue weighted by atomic mass is 10.3. The highest BCUT2D eigenvalue weighted by molar-refractivity contribution is 7.99. The van der Waals surface area contributed by atoms with Gasteiger partial charge in [-0.25, -0.2) is 9.97 Å². The molecule has 0 amide bonds. The van der Waals surface area contributed by atoms with Crippen LogP contribution in [0.25, 0.3) is 11.0 Å². The van der Waals surface area contributed by atoms with E-state index in [0.29, 0.717) is 16.8 Å². The largest absolute Gasteiger partial charge is 0.494 e. The van der Waals surface area contributed by atoms with Gasteiger partial charge in [-0.1, -0.05) is 11.6 Å². The second-order valence-electron chi connectivity index (χ2n) is 3.94.